The number of aromatic nitrogens is 1. The summed E-state index contributed by atoms with van der Waals surface area (Å²) in [7, 11) is 0. The Bertz CT molecular complexity index is 534. The Hall–Kier alpha value is -1.17. The van der Waals surface area contributed by atoms with Gasteiger partial charge in [0, 0.05) is 44.7 Å². The molecular formula is C14H19N3OS. The largest absolute Gasteiger partial charge is 0.396 e. The number of benzene rings is 1. The molecule has 0 atom stereocenters. The van der Waals surface area contributed by atoms with E-state index >= 15 is 0 Å². The van der Waals surface area contributed by atoms with Gasteiger partial charge in [-0.15, -0.1) is 0 Å². The molecule has 0 radical (unpaired) electrons. The van der Waals surface area contributed by atoms with Gasteiger partial charge >= 0.3 is 0 Å². The van der Waals surface area contributed by atoms with Gasteiger partial charge in [-0.3, -0.25) is 4.90 Å². The maximum absolute atomic E-state index is 8.87. The molecule has 1 aromatic carbocycles. The smallest absolute Gasteiger partial charge is 0.150 e. The highest BCUT2D eigenvalue weighted by atomic mass is 32.1. The number of hydrogen-bond donors (Lipinski definition) is 1. The van der Waals surface area contributed by atoms with Crippen LogP contribution in [0.25, 0.3) is 10.1 Å². The molecule has 1 N–H and O–H groups in total. The van der Waals surface area contributed by atoms with E-state index in [-0.39, 0.29) is 6.61 Å². The van der Waals surface area contributed by atoms with Gasteiger partial charge in [-0.25, -0.2) is 0 Å². The minimum Gasteiger partial charge on any atom is -0.396 e. The van der Waals surface area contributed by atoms with Gasteiger partial charge in [-0.05, 0) is 30.1 Å². The third-order valence-corrected chi connectivity index (χ3v) is 4.48. The summed E-state index contributed by atoms with van der Waals surface area (Å²) in [4.78, 5) is 4.80. The fraction of sp³-hybridized carbons (Fsp3) is 0.500. The lowest BCUT2D eigenvalue weighted by Gasteiger charge is -2.34. The van der Waals surface area contributed by atoms with Crippen LogP contribution >= 0.6 is 11.5 Å². The fourth-order valence-corrected chi connectivity index (χ4v) is 3.37. The molecule has 5 heteroatoms. The number of hydrogen-bond acceptors (Lipinski definition) is 5. The van der Waals surface area contributed by atoms with E-state index in [1.807, 2.05) is 0 Å². The van der Waals surface area contributed by atoms with Gasteiger partial charge in [0.25, 0.3) is 0 Å². The molecule has 1 fully saturated rings. The maximum Gasteiger partial charge on any atom is 0.150 e. The summed E-state index contributed by atoms with van der Waals surface area (Å²) in [6.07, 6.45) is 0.875. The maximum atomic E-state index is 8.87. The van der Waals surface area contributed by atoms with Crippen LogP contribution in [0.2, 0.25) is 0 Å². The molecule has 0 amide bonds. The number of piperazine rings is 1. The van der Waals surface area contributed by atoms with Crippen molar-refractivity contribution in [1.29, 1.82) is 0 Å². The first-order valence-electron chi connectivity index (χ1n) is 6.81. The number of fused-ring (bicyclic) bond motifs is 1. The number of aliphatic hydroxyl groups excluding tert-OH is 1. The fourth-order valence-electron chi connectivity index (χ4n) is 2.58. The van der Waals surface area contributed by atoms with E-state index in [2.05, 4.69) is 38.4 Å². The zero-order valence-electron chi connectivity index (χ0n) is 11.0. The number of rotatable bonds is 4. The predicted octanol–water partition coefficient (Wildman–Crippen LogP) is 1.80. The summed E-state index contributed by atoms with van der Waals surface area (Å²) in [5, 5.41) is 10.1. The zero-order chi connectivity index (χ0) is 13.1. The van der Waals surface area contributed by atoms with E-state index in [0.717, 1.165) is 45.0 Å². The quantitative estimate of drug-likeness (QED) is 0.925. The Labute approximate surface area is 117 Å². The average molecular weight is 277 g/mol. The first kappa shape index (κ1) is 12.8. The Morgan fingerprint density at radius 1 is 1.16 bits per heavy atom. The highest BCUT2D eigenvalue weighted by Gasteiger charge is 2.20. The molecule has 0 spiro atoms. The van der Waals surface area contributed by atoms with Gasteiger partial charge in [0.15, 0.2) is 0 Å². The molecule has 19 heavy (non-hydrogen) atoms. The monoisotopic (exact) mass is 277 g/mol. The lowest BCUT2D eigenvalue weighted by atomic mass is 10.2. The van der Waals surface area contributed by atoms with Crippen LogP contribution in [0.3, 0.4) is 0 Å². The van der Waals surface area contributed by atoms with Crippen LogP contribution < -0.4 is 4.90 Å². The van der Waals surface area contributed by atoms with Crippen molar-refractivity contribution in [2.24, 2.45) is 0 Å². The summed E-state index contributed by atoms with van der Waals surface area (Å²) in [5.74, 6) is 1.14. The number of nitrogens with zero attached hydrogens (tertiary/aromatic N) is 3. The minimum absolute atomic E-state index is 0.289. The average Bonchev–Trinajstić information content (AvgIpc) is 2.90. The second-order valence-corrected chi connectivity index (χ2v) is 5.71. The van der Waals surface area contributed by atoms with Crippen LogP contribution in [0.1, 0.15) is 6.42 Å². The summed E-state index contributed by atoms with van der Waals surface area (Å²) in [5.41, 5.74) is 0. The van der Waals surface area contributed by atoms with Gasteiger partial charge in [-0.2, -0.15) is 4.37 Å². The van der Waals surface area contributed by atoms with Crippen molar-refractivity contribution in [2.75, 3.05) is 44.2 Å². The number of anilines is 1. The van der Waals surface area contributed by atoms with E-state index in [9.17, 15) is 0 Å². The molecule has 1 saturated heterocycles. The van der Waals surface area contributed by atoms with Crippen molar-refractivity contribution in [3.8, 4) is 0 Å². The van der Waals surface area contributed by atoms with Crippen LogP contribution in [0.5, 0.6) is 0 Å². The predicted molar refractivity (Wildman–Crippen MR) is 80.0 cm³/mol. The summed E-state index contributed by atoms with van der Waals surface area (Å²) < 4.78 is 5.88. The molecule has 102 valence electrons. The molecule has 0 aliphatic carbocycles. The molecule has 1 aliphatic rings. The highest BCUT2D eigenvalue weighted by molar-refractivity contribution is 7.13. The van der Waals surface area contributed by atoms with Gasteiger partial charge in [0.1, 0.15) is 5.82 Å². The molecule has 1 aromatic heterocycles. The van der Waals surface area contributed by atoms with Crippen LogP contribution in [-0.4, -0.2) is 53.7 Å². The summed E-state index contributed by atoms with van der Waals surface area (Å²) in [6.45, 7) is 5.47. The molecule has 0 unspecified atom stereocenters. The van der Waals surface area contributed by atoms with Gasteiger partial charge < -0.3 is 10.0 Å². The molecule has 0 saturated carbocycles. The summed E-state index contributed by atoms with van der Waals surface area (Å²) in [6, 6.07) is 8.44. The molecule has 1 aliphatic heterocycles. The molecule has 4 nitrogen and oxygen atoms in total. The van der Waals surface area contributed by atoms with Crippen molar-refractivity contribution in [1.82, 2.24) is 9.27 Å². The topological polar surface area (TPSA) is 39.6 Å². The van der Waals surface area contributed by atoms with Crippen molar-refractivity contribution in [3.05, 3.63) is 24.3 Å². The Kier molecular flexibility index (Phi) is 3.96. The van der Waals surface area contributed by atoms with E-state index in [1.54, 1.807) is 11.5 Å². The van der Waals surface area contributed by atoms with Crippen molar-refractivity contribution in [3.63, 3.8) is 0 Å². The first-order chi connectivity index (χ1) is 9.38. The lowest BCUT2D eigenvalue weighted by Crippen LogP contribution is -2.46. The van der Waals surface area contributed by atoms with Crippen LogP contribution in [0, 0.1) is 0 Å². The lowest BCUT2D eigenvalue weighted by molar-refractivity contribution is 0.216. The van der Waals surface area contributed by atoms with Crippen LogP contribution in [0.4, 0.5) is 5.82 Å². The van der Waals surface area contributed by atoms with Crippen LogP contribution in [0.15, 0.2) is 24.3 Å². The van der Waals surface area contributed by atoms with E-state index in [1.165, 1.54) is 10.1 Å². The normalized spacial score (nSPS) is 17.2. The van der Waals surface area contributed by atoms with Gasteiger partial charge in [0.2, 0.25) is 0 Å². The second-order valence-electron chi connectivity index (χ2n) is 4.91. The number of aliphatic hydroxyl groups is 1. The van der Waals surface area contributed by atoms with Crippen LogP contribution in [-0.2, 0) is 0 Å². The summed E-state index contributed by atoms with van der Waals surface area (Å²) >= 11 is 1.58. The standard InChI is InChI=1S/C14H19N3OS/c18-11-3-6-16-7-9-17(10-8-16)14-12-4-1-2-5-13(12)19-15-14/h1-2,4-5,18H,3,6-11H2. The highest BCUT2D eigenvalue weighted by Crippen LogP contribution is 2.29. The SMILES string of the molecule is OCCCN1CCN(c2nsc3ccccc23)CC1. The third kappa shape index (κ3) is 2.73. The Morgan fingerprint density at radius 3 is 2.74 bits per heavy atom. The molecular weight excluding hydrogens is 258 g/mol. The van der Waals surface area contributed by atoms with Gasteiger partial charge in [0.05, 0.1) is 4.70 Å². The first-order valence-corrected chi connectivity index (χ1v) is 7.58. The van der Waals surface area contributed by atoms with Crippen molar-refractivity contribution in [2.45, 2.75) is 6.42 Å². The zero-order valence-corrected chi connectivity index (χ0v) is 11.8. The molecule has 2 heterocycles. The van der Waals surface area contributed by atoms with Crippen molar-refractivity contribution < 1.29 is 5.11 Å². The second kappa shape index (κ2) is 5.86. The molecule has 0 bridgehead atoms. The third-order valence-electron chi connectivity index (χ3n) is 3.66. The van der Waals surface area contributed by atoms with Gasteiger partial charge in [-0.1, -0.05) is 12.1 Å². The molecule has 2 aromatic rings. The van der Waals surface area contributed by atoms with E-state index in [4.69, 9.17) is 5.11 Å². The minimum atomic E-state index is 0.289. The molecule has 3 rings (SSSR count). The Balaban J connectivity index is 1.68. The Morgan fingerprint density at radius 2 is 1.95 bits per heavy atom. The van der Waals surface area contributed by atoms with Crippen molar-refractivity contribution >= 4 is 27.4 Å². The van der Waals surface area contributed by atoms with E-state index in [0.29, 0.717) is 0 Å². The van der Waals surface area contributed by atoms with E-state index < -0.39 is 0 Å².